The van der Waals surface area contributed by atoms with Crippen LogP contribution in [0.3, 0.4) is 0 Å². The normalized spacial score (nSPS) is 11.2. The molecule has 0 aliphatic rings. The van der Waals surface area contributed by atoms with E-state index in [4.69, 9.17) is 25.3 Å². The third-order valence-corrected chi connectivity index (χ3v) is 5.14. The molecule has 2 aromatic heterocycles. The van der Waals surface area contributed by atoms with Gasteiger partial charge in [0.05, 0.1) is 31.8 Å². The molecule has 0 fully saturated rings. The number of nitrogen functional groups attached to an aromatic ring is 1. The Kier molecular flexibility index (Phi) is 6.11. The smallest absolute Gasteiger partial charge is 0.225 e. The second kappa shape index (κ2) is 9.13. The molecule has 2 aromatic carbocycles. The minimum Gasteiger partial charge on any atom is -0.493 e. The summed E-state index contributed by atoms with van der Waals surface area (Å²) in [7, 11) is 3.22. The van der Waals surface area contributed by atoms with Crippen LogP contribution in [0.1, 0.15) is 19.4 Å². The summed E-state index contributed by atoms with van der Waals surface area (Å²) in [5.41, 5.74) is 9.75. The van der Waals surface area contributed by atoms with Crippen LogP contribution in [0.15, 0.2) is 48.5 Å². The van der Waals surface area contributed by atoms with Crippen molar-refractivity contribution in [3.8, 4) is 22.8 Å². The van der Waals surface area contributed by atoms with E-state index >= 15 is 0 Å². The van der Waals surface area contributed by atoms with Crippen molar-refractivity contribution < 1.29 is 9.47 Å². The summed E-state index contributed by atoms with van der Waals surface area (Å²) in [6, 6.07) is 15.7. The van der Waals surface area contributed by atoms with Crippen LogP contribution in [0, 0.1) is 5.92 Å². The number of rotatable bonds is 8. The maximum absolute atomic E-state index is 6.57. The number of fused-ring (bicyclic) bond motifs is 1. The molecule has 0 radical (unpaired) electrons. The molecule has 0 amide bonds. The van der Waals surface area contributed by atoms with Crippen LogP contribution in [-0.4, -0.2) is 40.5 Å². The van der Waals surface area contributed by atoms with Crippen molar-refractivity contribution in [2.24, 2.45) is 5.92 Å². The molecular weight excluding hydrogens is 404 g/mol. The molecule has 8 heteroatoms. The molecule has 2 heterocycles. The van der Waals surface area contributed by atoms with E-state index in [9.17, 15) is 0 Å². The summed E-state index contributed by atoms with van der Waals surface area (Å²) in [5.74, 6) is 2.74. The van der Waals surface area contributed by atoms with E-state index < -0.39 is 0 Å². The summed E-state index contributed by atoms with van der Waals surface area (Å²) < 4.78 is 12.7. The summed E-state index contributed by atoms with van der Waals surface area (Å²) >= 11 is 0. The number of methoxy groups -OCH3 is 2. The van der Waals surface area contributed by atoms with Crippen molar-refractivity contribution in [3.05, 3.63) is 54.1 Å². The highest BCUT2D eigenvalue weighted by Gasteiger charge is 2.20. The van der Waals surface area contributed by atoms with Crippen molar-refractivity contribution >= 4 is 22.8 Å². The van der Waals surface area contributed by atoms with Gasteiger partial charge in [-0.1, -0.05) is 44.2 Å². The van der Waals surface area contributed by atoms with E-state index in [-0.39, 0.29) is 0 Å². The van der Waals surface area contributed by atoms with Crippen LogP contribution in [0.5, 0.6) is 11.5 Å². The van der Waals surface area contributed by atoms with Crippen LogP contribution in [0.4, 0.5) is 11.8 Å². The number of aromatic nitrogens is 4. The minimum atomic E-state index is 0.444. The van der Waals surface area contributed by atoms with Crippen molar-refractivity contribution in [3.63, 3.8) is 0 Å². The molecule has 8 nitrogen and oxygen atoms in total. The van der Waals surface area contributed by atoms with Gasteiger partial charge in [0.25, 0.3) is 0 Å². The van der Waals surface area contributed by atoms with Crippen molar-refractivity contribution in [1.82, 2.24) is 19.7 Å². The zero-order valence-corrected chi connectivity index (χ0v) is 18.8. The molecule has 4 aromatic rings. The zero-order valence-electron chi connectivity index (χ0n) is 18.8. The first-order valence-electron chi connectivity index (χ1n) is 10.5. The van der Waals surface area contributed by atoms with Crippen LogP contribution in [0.2, 0.25) is 0 Å². The summed E-state index contributed by atoms with van der Waals surface area (Å²) in [6.07, 6.45) is 0. The van der Waals surface area contributed by atoms with Gasteiger partial charge in [-0.15, -0.1) is 5.10 Å². The monoisotopic (exact) mass is 432 g/mol. The van der Waals surface area contributed by atoms with Crippen molar-refractivity contribution in [1.29, 1.82) is 0 Å². The van der Waals surface area contributed by atoms with E-state index in [0.717, 1.165) is 17.7 Å². The summed E-state index contributed by atoms with van der Waals surface area (Å²) in [4.78, 5) is 9.45. The second-order valence-corrected chi connectivity index (χ2v) is 7.97. The van der Waals surface area contributed by atoms with E-state index in [1.165, 1.54) is 0 Å². The van der Waals surface area contributed by atoms with Crippen molar-refractivity contribution in [2.45, 2.75) is 20.4 Å². The van der Waals surface area contributed by atoms with Gasteiger partial charge >= 0.3 is 0 Å². The SMILES string of the molecule is COc1ccc(-c2nc(NCC(C)C)nc3nn(Cc4ccccc4)c(N)c23)cc1OC. The minimum absolute atomic E-state index is 0.444. The number of anilines is 2. The van der Waals surface area contributed by atoms with E-state index in [1.54, 1.807) is 18.9 Å². The van der Waals surface area contributed by atoms with Crippen LogP contribution >= 0.6 is 0 Å². The predicted molar refractivity (Wildman–Crippen MR) is 127 cm³/mol. The molecule has 0 bridgehead atoms. The predicted octanol–water partition coefficient (Wildman–Crippen LogP) is 4.21. The van der Waals surface area contributed by atoms with Crippen LogP contribution < -0.4 is 20.5 Å². The van der Waals surface area contributed by atoms with Crippen LogP contribution in [0.25, 0.3) is 22.3 Å². The number of ether oxygens (including phenoxy) is 2. The number of nitrogens with zero attached hydrogens (tertiary/aromatic N) is 4. The molecule has 3 N–H and O–H groups in total. The molecule has 0 saturated heterocycles. The van der Waals surface area contributed by atoms with Gasteiger partial charge in [-0.25, -0.2) is 9.67 Å². The number of benzene rings is 2. The Bertz CT molecular complexity index is 1220. The summed E-state index contributed by atoms with van der Waals surface area (Å²) in [5, 5.41) is 8.72. The second-order valence-electron chi connectivity index (χ2n) is 7.97. The molecular formula is C24H28N6O2. The first-order chi connectivity index (χ1) is 15.5. The molecule has 0 saturated carbocycles. The summed E-state index contributed by atoms with van der Waals surface area (Å²) in [6.45, 7) is 5.56. The van der Waals surface area contributed by atoms with Crippen LogP contribution in [-0.2, 0) is 6.54 Å². The topological polar surface area (TPSA) is 100 Å². The Hall–Kier alpha value is -3.81. The largest absolute Gasteiger partial charge is 0.493 e. The van der Waals surface area contributed by atoms with Gasteiger partial charge in [0.15, 0.2) is 17.1 Å². The Morgan fingerprint density at radius 2 is 1.75 bits per heavy atom. The highest BCUT2D eigenvalue weighted by molar-refractivity contribution is 5.99. The Morgan fingerprint density at radius 1 is 1.00 bits per heavy atom. The number of hydrogen-bond donors (Lipinski definition) is 2. The van der Waals surface area contributed by atoms with Gasteiger partial charge < -0.3 is 20.5 Å². The van der Waals surface area contributed by atoms with E-state index in [2.05, 4.69) is 24.1 Å². The molecule has 4 rings (SSSR count). The molecule has 0 aliphatic heterocycles. The maximum atomic E-state index is 6.57. The lowest BCUT2D eigenvalue weighted by Crippen LogP contribution is -2.11. The maximum Gasteiger partial charge on any atom is 0.225 e. The molecule has 0 atom stereocenters. The average Bonchev–Trinajstić information content (AvgIpc) is 3.12. The Labute approximate surface area is 187 Å². The Morgan fingerprint density at radius 3 is 2.44 bits per heavy atom. The van der Waals surface area contributed by atoms with E-state index in [0.29, 0.717) is 52.5 Å². The lowest BCUT2D eigenvalue weighted by molar-refractivity contribution is 0.355. The van der Waals surface area contributed by atoms with Gasteiger partial charge in [-0.2, -0.15) is 4.98 Å². The fourth-order valence-corrected chi connectivity index (χ4v) is 3.50. The molecule has 32 heavy (non-hydrogen) atoms. The fraction of sp³-hybridized carbons (Fsp3) is 0.292. The van der Waals surface area contributed by atoms with Gasteiger partial charge in [0, 0.05) is 12.1 Å². The quantitative estimate of drug-likeness (QED) is 0.430. The third kappa shape index (κ3) is 4.30. The highest BCUT2D eigenvalue weighted by Crippen LogP contribution is 2.36. The van der Waals surface area contributed by atoms with Crippen molar-refractivity contribution in [2.75, 3.05) is 31.8 Å². The third-order valence-electron chi connectivity index (χ3n) is 5.14. The van der Waals surface area contributed by atoms with Gasteiger partial charge in [0.1, 0.15) is 5.82 Å². The lowest BCUT2D eigenvalue weighted by atomic mass is 10.1. The standard InChI is InChI=1S/C24H28N6O2/c1-15(2)13-26-24-27-21(17-10-11-18(31-3)19(12-17)32-4)20-22(25)30(29-23(20)28-24)14-16-8-6-5-7-9-16/h5-12,15H,13-14,25H2,1-4H3,(H,26,28,29). The highest BCUT2D eigenvalue weighted by atomic mass is 16.5. The number of nitrogens with two attached hydrogens (primary N) is 1. The molecule has 0 unspecified atom stereocenters. The average molecular weight is 433 g/mol. The molecule has 0 aliphatic carbocycles. The fourth-order valence-electron chi connectivity index (χ4n) is 3.50. The number of nitrogens with one attached hydrogen (secondary N) is 1. The molecule has 0 spiro atoms. The van der Waals surface area contributed by atoms with Gasteiger partial charge in [0.2, 0.25) is 5.95 Å². The zero-order chi connectivity index (χ0) is 22.7. The van der Waals surface area contributed by atoms with Gasteiger partial charge in [-0.3, -0.25) is 0 Å². The molecule has 166 valence electrons. The van der Waals surface area contributed by atoms with Gasteiger partial charge in [-0.05, 0) is 29.7 Å². The van der Waals surface area contributed by atoms with E-state index in [1.807, 2.05) is 48.5 Å². The Balaban J connectivity index is 1.87. The first kappa shape index (κ1) is 21.4. The first-order valence-corrected chi connectivity index (χ1v) is 10.5. The number of hydrogen-bond acceptors (Lipinski definition) is 7. The lowest BCUT2D eigenvalue weighted by Gasteiger charge is -2.12.